The highest BCUT2D eigenvalue weighted by Gasteiger charge is 2.27. The second kappa shape index (κ2) is 6.70. The normalized spacial score (nSPS) is 14.0. The first-order valence-corrected chi connectivity index (χ1v) is 7.68. The molecule has 3 rings (SSSR count). The molecule has 0 aromatic heterocycles. The lowest BCUT2D eigenvalue weighted by molar-refractivity contribution is -0.143. The molecule has 0 atom stereocenters. The number of amides is 2. The molecule has 2 aromatic rings. The number of hydrogen-bond acceptors (Lipinski definition) is 5. The van der Waals surface area contributed by atoms with E-state index in [-0.39, 0.29) is 5.91 Å². The lowest BCUT2D eigenvalue weighted by Gasteiger charge is -2.14. The van der Waals surface area contributed by atoms with Crippen molar-refractivity contribution >= 4 is 28.6 Å². The molecule has 0 spiro atoms. The van der Waals surface area contributed by atoms with E-state index in [1.54, 1.807) is 25.3 Å². The van der Waals surface area contributed by atoms with E-state index >= 15 is 0 Å². The summed E-state index contributed by atoms with van der Waals surface area (Å²) in [5.74, 6) is -0.649. The maximum Gasteiger partial charge on any atom is 0.339 e. The number of rotatable bonds is 4. The van der Waals surface area contributed by atoms with Crippen LogP contribution in [0.25, 0.3) is 10.8 Å². The van der Waals surface area contributed by atoms with E-state index in [9.17, 15) is 14.4 Å². The minimum Gasteiger partial charge on any atom is -0.496 e. The molecule has 0 unspecified atom stereocenters. The molecule has 6 nitrogen and oxygen atoms in total. The third-order valence-electron chi connectivity index (χ3n) is 4.03. The molecule has 1 aliphatic heterocycles. The fourth-order valence-corrected chi connectivity index (χ4v) is 2.82. The van der Waals surface area contributed by atoms with Crippen molar-refractivity contribution in [2.75, 3.05) is 20.3 Å². The minimum absolute atomic E-state index is 0.217. The van der Waals surface area contributed by atoms with Crippen LogP contribution in [0.5, 0.6) is 5.75 Å². The van der Waals surface area contributed by atoms with E-state index in [0.29, 0.717) is 36.1 Å². The second-order valence-corrected chi connectivity index (χ2v) is 5.48. The highest BCUT2D eigenvalue weighted by molar-refractivity contribution is 6.07. The number of likely N-dealkylation sites (tertiary alicyclic amines) is 1. The van der Waals surface area contributed by atoms with Gasteiger partial charge in [0.15, 0.2) is 6.61 Å². The predicted molar refractivity (Wildman–Crippen MR) is 86.7 cm³/mol. The van der Waals surface area contributed by atoms with Gasteiger partial charge in [-0.15, -0.1) is 0 Å². The summed E-state index contributed by atoms with van der Waals surface area (Å²) >= 11 is 0. The highest BCUT2D eigenvalue weighted by atomic mass is 16.5. The summed E-state index contributed by atoms with van der Waals surface area (Å²) in [5, 5.41) is 1.47. The Balaban J connectivity index is 1.77. The summed E-state index contributed by atoms with van der Waals surface area (Å²) in [5.41, 5.74) is 0.354. The molecular weight excluding hydrogens is 310 g/mol. The van der Waals surface area contributed by atoms with E-state index in [1.165, 1.54) is 0 Å². The second-order valence-electron chi connectivity index (χ2n) is 5.48. The first-order valence-electron chi connectivity index (χ1n) is 7.68. The predicted octanol–water partition coefficient (Wildman–Crippen LogP) is 2.15. The van der Waals surface area contributed by atoms with Crippen molar-refractivity contribution in [3.8, 4) is 5.75 Å². The van der Waals surface area contributed by atoms with Crippen molar-refractivity contribution in [1.82, 2.24) is 4.90 Å². The largest absolute Gasteiger partial charge is 0.496 e. The molecule has 0 bridgehead atoms. The van der Waals surface area contributed by atoms with Crippen LogP contribution >= 0.6 is 0 Å². The van der Waals surface area contributed by atoms with Gasteiger partial charge in [0.1, 0.15) is 5.75 Å². The Morgan fingerprint density at radius 1 is 1.12 bits per heavy atom. The van der Waals surface area contributed by atoms with Crippen LogP contribution in [0, 0.1) is 0 Å². The van der Waals surface area contributed by atoms with Crippen molar-refractivity contribution in [3.63, 3.8) is 0 Å². The zero-order valence-electron chi connectivity index (χ0n) is 13.3. The molecular formula is C18H17NO5. The maximum absolute atomic E-state index is 12.3. The summed E-state index contributed by atoms with van der Waals surface area (Å²) in [4.78, 5) is 37.0. The number of imide groups is 1. The van der Waals surface area contributed by atoms with Gasteiger partial charge >= 0.3 is 5.97 Å². The van der Waals surface area contributed by atoms with Gasteiger partial charge in [-0.1, -0.05) is 24.3 Å². The van der Waals surface area contributed by atoms with Gasteiger partial charge in [-0.2, -0.15) is 0 Å². The number of methoxy groups -OCH3 is 1. The molecule has 0 aliphatic carbocycles. The summed E-state index contributed by atoms with van der Waals surface area (Å²) in [6.07, 6.45) is 1.02. The summed E-state index contributed by atoms with van der Waals surface area (Å²) in [7, 11) is 1.56. The average molecular weight is 327 g/mol. The Morgan fingerprint density at radius 2 is 1.88 bits per heavy atom. The third-order valence-corrected chi connectivity index (χ3v) is 4.03. The maximum atomic E-state index is 12.3. The topological polar surface area (TPSA) is 72.9 Å². The number of carbonyl (C=O) groups excluding carboxylic acids is 3. The number of hydrogen-bond donors (Lipinski definition) is 0. The molecule has 0 radical (unpaired) electrons. The van der Waals surface area contributed by atoms with Gasteiger partial charge in [-0.05, 0) is 23.9 Å². The Labute approximate surface area is 138 Å². The monoisotopic (exact) mass is 327 g/mol. The first kappa shape index (κ1) is 16.0. The Kier molecular flexibility index (Phi) is 4.46. The SMILES string of the molecule is COc1ccc(C(=O)OCC(=O)N2CCCC2=O)c2ccccc12. The molecule has 1 aliphatic rings. The van der Waals surface area contributed by atoms with E-state index < -0.39 is 18.5 Å². The van der Waals surface area contributed by atoms with E-state index in [1.807, 2.05) is 18.2 Å². The number of esters is 1. The van der Waals surface area contributed by atoms with Crippen LogP contribution in [-0.4, -0.2) is 42.9 Å². The molecule has 1 fully saturated rings. The minimum atomic E-state index is -0.603. The summed E-state index contributed by atoms with van der Waals surface area (Å²) < 4.78 is 10.4. The highest BCUT2D eigenvalue weighted by Crippen LogP contribution is 2.28. The van der Waals surface area contributed by atoms with Crippen molar-refractivity contribution in [1.29, 1.82) is 0 Å². The molecule has 0 saturated carbocycles. The van der Waals surface area contributed by atoms with Gasteiger partial charge in [0.05, 0.1) is 12.7 Å². The molecule has 2 amide bonds. The molecule has 1 saturated heterocycles. The van der Waals surface area contributed by atoms with Crippen molar-refractivity contribution in [2.24, 2.45) is 0 Å². The lowest BCUT2D eigenvalue weighted by Crippen LogP contribution is -2.35. The number of fused-ring (bicyclic) bond motifs is 1. The molecule has 124 valence electrons. The van der Waals surface area contributed by atoms with Crippen LogP contribution in [0.15, 0.2) is 36.4 Å². The van der Waals surface area contributed by atoms with E-state index in [2.05, 4.69) is 0 Å². The summed E-state index contributed by atoms with van der Waals surface area (Å²) in [6.45, 7) is -0.0500. The fourth-order valence-electron chi connectivity index (χ4n) is 2.82. The van der Waals surface area contributed by atoms with E-state index in [0.717, 1.165) is 10.3 Å². The first-order chi connectivity index (χ1) is 11.6. The zero-order valence-corrected chi connectivity index (χ0v) is 13.3. The van der Waals surface area contributed by atoms with Gasteiger partial charge in [0.2, 0.25) is 5.91 Å². The number of ether oxygens (including phenoxy) is 2. The molecule has 1 heterocycles. The summed E-state index contributed by atoms with van der Waals surface area (Å²) in [6, 6.07) is 10.6. The smallest absolute Gasteiger partial charge is 0.339 e. The van der Waals surface area contributed by atoms with Crippen LogP contribution in [-0.2, 0) is 14.3 Å². The molecule has 24 heavy (non-hydrogen) atoms. The Hall–Kier alpha value is -2.89. The van der Waals surface area contributed by atoms with Gasteiger partial charge in [-0.25, -0.2) is 4.79 Å². The van der Waals surface area contributed by atoms with Crippen LogP contribution < -0.4 is 4.74 Å². The van der Waals surface area contributed by atoms with Gasteiger partial charge in [0, 0.05) is 18.4 Å². The van der Waals surface area contributed by atoms with Crippen LogP contribution in [0.1, 0.15) is 23.2 Å². The fraction of sp³-hybridized carbons (Fsp3) is 0.278. The van der Waals surface area contributed by atoms with Gasteiger partial charge in [-0.3, -0.25) is 14.5 Å². The van der Waals surface area contributed by atoms with Crippen molar-refractivity contribution in [3.05, 3.63) is 42.0 Å². The van der Waals surface area contributed by atoms with Gasteiger partial charge < -0.3 is 9.47 Å². The molecule has 6 heteroatoms. The quantitative estimate of drug-likeness (QED) is 0.805. The average Bonchev–Trinajstić information content (AvgIpc) is 3.04. The standard InChI is InChI=1S/C18H17NO5/c1-23-15-9-8-14(12-5-2-3-6-13(12)15)18(22)24-11-17(21)19-10-4-7-16(19)20/h2-3,5-6,8-9H,4,7,10-11H2,1H3. The number of carbonyl (C=O) groups is 3. The number of nitrogens with zero attached hydrogens (tertiary/aromatic N) is 1. The van der Waals surface area contributed by atoms with Crippen molar-refractivity contribution in [2.45, 2.75) is 12.8 Å². The van der Waals surface area contributed by atoms with Crippen LogP contribution in [0.2, 0.25) is 0 Å². The van der Waals surface area contributed by atoms with Crippen LogP contribution in [0.4, 0.5) is 0 Å². The van der Waals surface area contributed by atoms with E-state index in [4.69, 9.17) is 9.47 Å². The van der Waals surface area contributed by atoms with Crippen LogP contribution in [0.3, 0.4) is 0 Å². The third kappa shape index (κ3) is 2.95. The number of benzene rings is 2. The molecule has 2 aromatic carbocycles. The molecule has 0 N–H and O–H groups in total. The lowest BCUT2D eigenvalue weighted by atomic mass is 10.0. The zero-order chi connectivity index (χ0) is 17.1. The van der Waals surface area contributed by atoms with Crippen molar-refractivity contribution < 1.29 is 23.9 Å². The Morgan fingerprint density at radius 3 is 2.54 bits per heavy atom. The Bertz CT molecular complexity index is 814. The van der Waals surface area contributed by atoms with Gasteiger partial charge in [0.25, 0.3) is 5.91 Å².